The van der Waals surface area contributed by atoms with Gasteiger partial charge in [0, 0.05) is 36.6 Å². The minimum atomic E-state index is -3.40. The van der Waals surface area contributed by atoms with E-state index in [2.05, 4.69) is 10.2 Å². The zero-order chi connectivity index (χ0) is 18.1. The molecule has 2 unspecified atom stereocenters. The van der Waals surface area contributed by atoms with Gasteiger partial charge < -0.3 is 10.2 Å². The lowest BCUT2D eigenvalue weighted by molar-refractivity contribution is -0.132. The van der Waals surface area contributed by atoms with Crippen molar-refractivity contribution in [2.24, 2.45) is 0 Å². The summed E-state index contributed by atoms with van der Waals surface area (Å²) >= 11 is 1.26. The number of piperidine rings is 1. The summed E-state index contributed by atoms with van der Waals surface area (Å²) in [6.45, 7) is 3.07. The minimum absolute atomic E-state index is 0. The van der Waals surface area contributed by atoms with Crippen molar-refractivity contribution in [1.29, 1.82) is 0 Å². The van der Waals surface area contributed by atoms with Crippen LogP contribution in [0.2, 0.25) is 0 Å². The van der Waals surface area contributed by atoms with Gasteiger partial charge in [0.25, 0.3) is 10.0 Å². The van der Waals surface area contributed by atoms with Crippen molar-refractivity contribution < 1.29 is 13.2 Å². The standard InChI is InChI=1S/C18H27N3O3S2.ClH/c22-17(21-14-4-5-15(21)13-19-9-8-14)12-16-6-7-18(25-16)26(23,24)20-10-2-1-3-11-20;/h6-7,14-15,19H,1-5,8-13H2;1H. The Kier molecular flexibility index (Phi) is 6.84. The molecule has 2 bridgehead atoms. The molecule has 9 heteroatoms. The first-order chi connectivity index (χ1) is 12.6. The predicted octanol–water partition coefficient (Wildman–Crippen LogP) is 2.24. The Morgan fingerprint density at radius 1 is 1.11 bits per heavy atom. The number of sulfonamides is 1. The van der Waals surface area contributed by atoms with E-state index in [0.717, 1.165) is 56.5 Å². The van der Waals surface area contributed by atoms with Crippen molar-refractivity contribution in [3.63, 3.8) is 0 Å². The fourth-order valence-corrected chi connectivity index (χ4v) is 7.47. The maximum absolute atomic E-state index is 12.9. The summed E-state index contributed by atoms with van der Waals surface area (Å²) in [6, 6.07) is 4.14. The molecule has 4 heterocycles. The van der Waals surface area contributed by atoms with Gasteiger partial charge in [-0.2, -0.15) is 4.31 Å². The molecule has 0 aliphatic carbocycles. The van der Waals surface area contributed by atoms with Crippen LogP contribution in [0.3, 0.4) is 0 Å². The molecule has 0 spiro atoms. The van der Waals surface area contributed by atoms with Gasteiger partial charge in [-0.05, 0) is 50.8 Å². The van der Waals surface area contributed by atoms with E-state index in [4.69, 9.17) is 0 Å². The lowest BCUT2D eigenvalue weighted by atomic mass is 10.1. The Morgan fingerprint density at radius 2 is 1.85 bits per heavy atom. The summed E-state index contributed by atoms with van der Waals surface area (Å²) in [5.74, 6) is 0.143. The molecule has 1 aromatic heterocycles. The monoisotopic (exact) mass is 433 g/mol. The lowest BCUT2D eigenvalue weighted by Crippen LogP contribution is -2.43. The van der Waals surface area contributed by atoms with Crippen molar-refractivity contribution in [1.82, 2.24) is 14.5 Å². The van der Waals surface area contributed by atoms with Crippen molar-refractivity contribution >= 4 is 39.7 Å². The lowest BCUT2D eigenvalue weighted by Gasteiger charge is -2.27. The molecule has 3 aliphatic rings. The van der Waals surface area contributed by atoms with Crippen LogP contribution < -0.4 is 5.32 Å². The molecule has 0 aromatic carbocycles. The van der Waals surface area contributed by atoms with E-state index in [1.807, 2.05) is 6.07 Å². The summed E-state index contributed by atoms with van der Waals surface area (Å²) in [6.07, 6.45) is 6.46. The first-order valence-electron chi connectivity index (χ1n) is 9.66. The highest BCUT2D eigenvalue weighted by Crippen LogP contribution is 2.31. The fourth-order valence-electron chi connectivity index (χ4n) is 4.45. The van der Waals surface area contributed by atoms with Crippen LogP contribution in [0.25, 0.3) is 0 Å². The summed E-state index contributed by atoms with van der Waals surface area (Å²) in [4.78, 5) is 15.8. The van der Waals surface area contributed by atoms with Crippen LogP contribution in [0.4, 0.5) is 0 Å². The molecule has 2 atom stereocenters. The van der Waals surface area contributed by atoms with Crippen LogP contribution in [0.15, 0.2) is 16.3 Å². The van der Waals surface area contributed by atoms with Crippen molar-refractivity contribution in [2.75, 3.05) is 26.2 Å². The van der Waals surface area contributed by atoms with Crippen molar-refractivity contribution in [3.05, 3.63) is 17.0 Å². The third-order valence-electron chi connectivity index (χ3n) is 5.81. The van der Waals surface area contributed by atoms with E-state index < -0.39 is 10.0 Å². The number of nitrogens with zero attached hydrogens (tertiary/aromatic N) is 2. The zero-order valence-corrected chi connectivity index (χ0v) is 17.9. The average Bonchev–Trinajstić information content (AvgIpc) is 3.19. The van der Waals surface area contributed by atoms with E-state index in [1.54, 1.807) is 10.4 Å². The van der Waals surface area contributed by atoms with Gasteiger partial charge in [0.05, 0.1) is 6.42 Å². The zero-order valence-electron chi connectivity index (χ0n) is 15.4. The molecular weight excluding hydrogens is 406 g/mol. The van der Waals surface area contributed by atoms with Crippen LogP contribution in [-0.2, 0) is 21.2 Å². The fraction of sp³-hybridized carbons (Fsp3) is 0.722. The number of nitrogens with one attached hydrogen (secondary N) is 1. The van der Waals surface area contributed by atoms with Crippen LogP contribution in [0.5, 0.6) is 0 Å². The van der Waals surface area contributed by atoms with Crippen LogP contribution in [0, 0.1) is 0 Å². The highest BCUT2D eigenvalue weighted by Gasteiger charge is 2.38. The molecular formula is C18H28ClN3O3S2. The van der Waals surface area contributed by atoms with Gasteiger partial charge in [-0.15, -0.1) is 23.7 Å². The molecule has 152 valence electrons. The smallest absolute Gasteiger partial charge is 0.252 e. The van der Waals surface area contributed by atoms with Crippen LogP contribution in [-0.4, -0.2) is 61.8 Å². The number of thiophene rings is 1. The van der Waals surface area contributed by atoms with Crippen LogP contribution >= 0.6 is 23.7 Å². The van der Waals surface area contributed by atoms with E-state index in [1.165, 1.54) is 11.3 Å². The Labute approximate surface area is 171 Å². The third kappa shape index (κ3) is 4.34. The number of rotatable bonds is 4. The predicted molar refractivity (Wildman–Crippen MR) is 109 cm³/mol. The molecule has 3 fully saturated rings. The Hall–Kier alpha value is -0.670. The summed E-state index contributed by atoms with van der Waals surface area (Å²) < 4.78 is 27.5. The van der Waals surface area contributed by atoms with Gasteiger partial charge in [-0.1, -0.05) is 6.42 Å². The molecule has 1 amide bonds. The first kappa shape index (κ1) is 21.0. The van der Waals surface area contributed by atoms with Crippen molar-refractivity contribution in [2.45, 2.75) is 61.2 Å². The third-order valence-corrected chi connectivity index (χ3v) is 9.27. The number of hydrogen-bond acceptors (Lipinski definition) is 5. The summed E-state index contributed by atoms with van der Waals surface area (Å²) in [5, 5.41) is 3.41. The quantitative estimate of drug-likeness (QED) is 0.790. The molecule has 4 rings (SSSR count). The SMILES string of the molecule is Cl.O=C(Cc1ccc(S(=O)(=O)N2CCCCC2)s1)N1C2CCNCC1CC2. The Bertz CT molecular complexity index is 748. The normalized spacial score (nSPS) is 26.4. The summed E-state index contributed by atoms with van der Waals surface area (Å²) in [5.41, 5.74) is 0. The van der Waals surface area contributed by atoms with E-state index in [-0.39, 0.29) is 18.3 Å². The Morgan fingerprint density at radius 3 is 2.63 bits per heavy atom. The highest BCUT2D eigenvalue weighted by molar-refractivity contribution is 7.91. The van der Waals surface area contributed by atoms with Gasteiger partial charge in [-0.25, -0.2) is 8.42 Å². The number of hydrogen-bond donors (Lipinski definition) is 1. The average molecular weight is 434 g/mol. The van der Waals surface area contributed by atoms with Crippen LogP contribution in [0.1, 0.15) is 43.4 Å². The second-order valence-corrected chi connectivity index (χ2v) is 10.9. The summed E-state index contributed by atoms with van der Waals surface area (Å²) in [7, 11) is -3.40. The van der Waals surface area contributed by atoms with Gasteiger partial charge in [-0.3, -0.25) is 4.79 Å². The molecule has 6 nitrogen and oxygen atoms in total. The minimum Gasteiger partial charge on any atom is -0.335 e. The number of carbonyl (C=O) groups is 1. The molecule has 0 radical (unpaired) electrons. The van der Waals surface area contributed by atoms with Gasteiger partial charge in [0.2, 0.25) is 5.91 Å². The molecule has 0 saturated carbocycles. The number of halogens is 1. The second kappa shape index (κ2) is 8.78. The van der Waals surface area contributed by atoms with Gasteiger partial charge in [0.15, 0.2) is 0 Å². The second-order valence-electron chi connectivity index (χ2n) is 7.54. The molecule has 3 aliphatic heterocycles. The first-order valence-corrected chi connectivity index (χ1v) is 11.9. The number of amides is 1. The Balaban J connectivity index is 0.00000210. The molecule has 1 aromatic rings. The molecule has 27 heavy (non-hydrogen) atoms. The number of carbonyl (C=O) groups excluding carboxylic acids is 1. The molecule has 3 saturated heterocycles. The maximum atomic E-state index is 12.9. The highest BCUT2D eigenvalue weighted by atomic mass is 35.5. The largest absolute Gasteiger partial charge is 0.335 e. The van der Waals surface area contributed by atoms with E-state index in [0.29, 0.717) is 35.8 Å². The van der Waals surface area contributed by atoms with Crippen molar-refractivity contribution in [3.8, 4) is 0 Å². The van der Waals surface area contributed by atoms with E-state index in [9.17, 15) is 13.2 Å². The maximum Gasteiger partial charge on any atom is 0.252 e. The van der Waals surface area contributed by atoms with Gasteiger partial charge >= 0.3 is 0 Å². The topological polar surface area (TPSA) is 69.7 Å². The number of fused-ring (bicyclic) bond motifs is 2. The molecule has 1 N–H and O–H groups in total. The van der Waals surface area contributed by atoms with E-state index >= 15 is 0 Å². The van der Waals surface area contributed by atoms with Gasteiger partial charge in [0.1, 0.15) is 4.21 Å².